The number of aliphatic hydroxyl groups is 1. The van der Waals surface area contributed by atoms with Gasteiger partial charge in [0.25, 0.3) is 0 Å². The Morgan fingerprint density at radius 3 is 2.52 bits per heavy atom. The maximum atomic E-state index is 11.8. The Bertz CT molecular complexity index is 1030. The van der Waals surface area contributed by atoms with E-state index in [1.807, 2.05) is 0 Å². The highest BCUT2D eigenvalue weighted by atomic mass is 35.5. The van der Waals surface area contributed by atoms with Gasteiger partial charge in [-0.3, -0.25) is 4.79 Å². The van der Waals surface area contributed by atoms with Gasteiger partial charge in [0.15, 0.2) is 11.6 Å². The molecule has 0 aliphatic rings. The first-order chi connectivity index (χ1) is 12.7. The average Bonchev–Trinajstić information content (AvgIpc) is 2.59. The van der Waals surface area contributed by atoms with Crippen LogP contribution >= 0.6 is 11.6 Å². The topological polar surface area (TPSA) is 95.3 Å². The first kappa shape index (κ1) is 19.1. The number of fused-ring (bicyclic) bond motifs is 1. The summed E-state index contributed by atoms with van der Waals surface area (Å²) in [4.78, 5) is 11.8. The van der Waals surface area contributed by atoms with Gasteiger partial charge in [0.1, 0.15) is 11.4 Å². The Kier molecular flexibility index (Phi) is 5.04. The summed E-state index contributed by atoms with van der Waals surface area (Å²) in [5.41, 5.74) is 0.553. The predicted molar refractivity (Wildman–Crippen MR) is 106 cm³/mol. The van der Waals surface area contributed by atoms with E-state index in [1.54, 1.807) is 44.2 Å². The zero-order chi connectivity index (χ0) is 19.8. The number of benzene rings is 2. The molecule has 3 rings (SSSR count). The number of nitrogens with zero attached hydrogens (tertiary/aromatic N) is 2. The summed E-state index contributed by atoms with van der Waals surface area (Å²) in [5.74, 6) is 0.372. The van der Waals surface area contributed by atoms with Crippen LogP contribution in [-0.2, 0) is 0 Å². The molecule has 3 aromatic rings. The monoisotopic (exact) mass is 385 g/mol. The van der Waals surface area contributed by atoms with Crippen molar-refractivity contribution in [1.82, 2.24) is 10.2 Å². The lowest BCUT2D eigenvalue weighted by Gasteiger charge is -2.19. The van der Waals surface area contributed by atoms with Crippen LogP contribution in [0.5, 0.6) is 5.75 Å². The quantitative estimate of drug-likeness (QED) is 0.573. The van der Waals surface area contributed by atoms with Crippen molar-refractivity contribution in [2.45, 2.75) is 26.4 Å². The fourth-order valence-electron chi connectivity index (χ4n) is 2.71. The zero-order valence-electron chi connectivity index (χ0n) is 15.2. The third-order valence-corrected chi connectivity index (χ3v) is 4.32. The molecule has 0 atom stereocenters. The Labute approximate surface area is 161 Å². The highest BCUT2D eigenvalue weighted by molar-refractivity contribution is 6.30. The van der Waals surface area contributed by atoms with Crippen LogP contribution in [0.2, 0.25) is 5.02 Å². The molecule has 0 aliphatic carbocycles. The minimum absolute atomic E-state index is 0.00838. The number of aromatic hydroxyl groups is 1. The van der Waals surface area contributed by atoms with Crippen LogP contribution in [0.25, 0.3) is 22.0 Å². The summed E-state index contributed by atoms with van der Waals surface area (Å²) in [6, 6.07) is 9.99. The van der Waals surface area contributed by atoms with Gasteiger partial charge in [-0.25, -0.2) is 0 Å². The molecule has 6 nitrogen and oxygen atoms in total. The average molecular weight is 386 g/mol. The van der Waals surface area contributed by atoms with Crippen molar-refractivity contribution in [3.8, 4) is 17.0 Å². The van der Waals surface area contributed by atoms with Crippen molar-refractivity contribution < 1.29 is 15.0 Å². The number of halogens is 1. The number of ketones is 1. The number of carbonyl (C=O) groups is 1. The molecule has 0 aliphatic heterocycles. The van der Waals surface area contributed by atoms with Crippen molar-refractivity contribution in [2.24, 2.45) is 0 Å². The van der Waals surface area contributed by atoms with Gasteiger partial charge < -0.3 is 15.5 Å². The second-order valence-electron chi connectivity index (χ2n) is 7.04. The van der Waals surface area contributed by atoms with Gasteiger partial charge in [-0.15, -0.1) is 10.2 Å². The van der Waals surface area contributed by atoms with Gasteiger partial charge in [-0.2, -0.15) is 0 Å². The standard InChI is InChI=1S/C20H20ClN3O3/c1-11(25)12-4-6-14-16(8-12)19(22-10-20(2,3)27)24-23-18(14)15-7-5-13(21)9-17(15)26/h4-9,26-27H,10H2,1-3H3,(H,22,24). The minimum atomic E-state index is -0.945. The molecule has 0 radical (unpaired) electrons. The van der Waals surface area contributed by atoms with Gasteiger partial charge in [-0.1, -0.05) is 23.7 Å². The van der Waals surface area contributed by atoms with E-state index >= 15 is 0 Å². The summed E-state index contributed by atoms with van der Waals surface area (Å²) in [5, 5.41) is 33.6. The SMILES string of the molecule is CC(=O)c1ccc2c(-c3ccc(Cl)cc3O)nnc(NCC(C)(C)O)c2c1. The molecule has 140 valence electrons. The van der Waals surface area contributed by atoms with Gasteiger partial charge in [0, 0.05) is 33.5 Å². The number of phenols is 1. The number of anilines is 1. The Hall–Kier alpha value is -2.70. The number of phenolic OH excluding ortho intramolecular Hbond substituents is 1. The highest BCUT2D eigenvalue weighted by Crippen LogP contribution is 2.36. The van der Waals surface area contributed by atoms with Crippen LogP contribution in [-0.4, -0.2) is 38.3 Å². The van der Waals surface area contributed by atoms with Gasteiger partial charge in [-0.05, 0) is 45.0 Å². The number of nitrogens with one attached hydrogen (secondary N) is 1. The number of aromatic nitrogens is 2. The normalized spacial score (nSPS) is 11.6. The third-order valence-electron chi connectivity index (χ3n) is 4.09. The number of hydrogen-bond acceptors (Lipinski definition) is 6. The zero-order valence-corrected chi connectivity index (χ0v) is 16.0. The molecular formula is C20H20ClN3O3. The number of Topliss-reactive ketones (excluding diaryl/α,β-unsaturated/α-hetero) is 1. The van der Waals surface area contributed by atoms with Gasteiger partial charge in [0.2, 0.25) is 0 Å². The van der Waals surface area contributed by atoms with Crippen molar-refractivity contribution in [3.05, 3.63) is 47.0 Å². The summed E-state index contributed by atoms with van der Waals surface area (Å²) >= 11 is 5.92. The summed E-state index contributed by atoms with van der Waals surface area (Å²) in [6.45, 7) is 5.10. The van der Waals surface area contributed by atoms with E-state index in [9.17, 15) is 15.0 Å². The molecule has 27 heavy (non-hydrogen) atoms. The summed E-state index contributed by atoms with van der Waals surface area (Å²) in [7, 11) is 0. The molecule has 7 heteroatoms. The van der Waals surface area contributed by atoms with Crippen LogP contribution in [0.15, 0.2) is 36.4 Å². The highest BCUT2D eigenvalue weighted by Gasteiger charge is 2.18. The first-order valence-electron chi connectivity index (χ1n) is 8.42. The van der Waals surface area contributed by atoms with Crippen LogP contribution in [0.1, 0.15) is 31.1 Å². The molecule has 0 unspecified atom stereocenters. The Morgan fingerprint density at radius 2 is 1.89 bits per heavy atom. The molecule has 1 heterocycles. The van der Waals surface area contributed by atoms with Crippen LogP contribution in [0.3, 0.4) is 0 Å². The van der Waals surface area contributed by atoms with E-state index in [1.165, 1.54) is 13.0 Å². The molecule has 0 amide bonds. The molecule has 0 spiro atoms. The lowest BCUT2D eigenvalue weighted by Crippen LogP contribution is -2.29. The first-order valence-corrected chi connectivity index (χ1v) is 8.80. The Morgan fingerprint density at radius 1 is 1.15 bits per heavy atom. The number of carbonyl (C=O) groups excluding carboxylic acids is 1. The molecule has 1 aromatic heterocycles. The van der Waals surface area contributed by atoms with Crippen LogP contribution in [0, 0.1) is 0 Å². The van der Waals surface area contributed by atoms with Crippen molar-refractivity contribution in [2.75, 3.05) is 11.9 Å². The van der Waals surface area contributed by atoms with Crippen molar-refractivity contribution in [3.63, 3.8) is 0 Å². The van der Waals surface area contributed by atoms with E-state index in [-0.39, 0.29) is 18.1 Å². The van der Waals surface area contributed by atoms with E-state index in [4.69, 9.17) is 11.6 Å². The molecule has 2 aromatic carbocycles. The maximum Gasteiger partial charge on any atom is 0.159 e. The van der Waals surface area contributed by atoms with Gasteiger partial charge in [0.05, 0.1) is 5.60 Å². The molecule has 0 fully saturated rings. The fraction of sp³-hybridized carbons (Fsp3) is 0.250. The van der Waals surface area contributed by atoms with E-state index in [0.29, 0.717) is 38.4 Å². The molecule has 0 bridgehead atoms. The number of hydrogen-bond donors (Lipinski definition) is 3. The van der Waals surface area contributed by atoms with E-state index in [2.05, 4.69) is 15.5 Å². The van der Waals surface area contributed by atoms with Crippen molar-refractivity contribution >= 4 is 34.0 Å². The molecule has 3 N–H and O–H groups in total. The van der Waals surface area contributed by atoms with Crippen molar-refractivity contribution in [1.29, 1.82) is 0 Å². The summed E-state index contributed by atoms with van der Waals surface area (Å²) in [6.07, 6.45) is 0. The largest absolute Gasteiger partial charge is 0.507 e. The minimum Gasteiger partial charge on any atom is -0.507 e. The lowest BCUT2D eigenvalue weighted by atomic mass is 10.0. The third kappa shape index (κ3) is 4.18. The maximum absolute atomic E-state index is 11.8. The van der Waals surface area contributed by atoms with E-state index in [0.717, 1.165) is 0 Å². The predicted octanol–water partition coefficient (Wildman–Crippen LogP) is 4.04. The molecular weight excluding hydrogens is 366 g/mol. The van der Waals surface area contributed by atoms with Crippen LogP contribution < -0.4 is 5.32 Å². The Balaban J connectivity index is 2.21. The lowest BCUT2D eigenvalue weighted by molar-refractivity contribution is 0.0943. The van der Waals surface area contributed by atoms with E-state index < -0.39 is 5.60 Å². The summed E-state index contributed by atoms with van der Waals surface area (Å²) < 4.78 is 0. The van der Waals surface area contributed by atoms with Crippen LogP contribution in [0.4, 0.5) is 5.82 Å². The number of rotatable bonds is 5. The smallest absolute Gasteiger partial charge is 0.159 e. The fourth-order valence-corrected chi connectivity index (χ4v) is 2.87. The second kappa shape index (κ2) is 7.13. The van der Waals surface area contributed by atoms with Gasteiger partial charge >= 0.3 is 0 Å². The molecule has 0 saturated carbocycles. The second-order valence-corrected chi connectivity index (χ2v) is 7.48. The molecule has 0 saturated heterocycles.